The van der Waals surface area contributed by atoms with Crippen LogP contribution in [-0.4, -0.2) is 43.7 Å². The Balaban J connectivity index is 1.54. The van der Waals surface area contributed by atoms with Gasteiger partial charge in [0.05, 0.1) is 19.3 Å². The number of nitrogens with zero attached hydrogens (tertiary/aromatic N) is 1. The number of aryl methyl sites for hydroxylation is 3. The van der Waals surface area contributed by atoms with Gasteiger partial charge < -0.3 is 14.5 Å². The van der Waals surface area contributed by atoms with Gasteiger partial charge in [-0.05, 0) is 38.0 Å². The number of furan rings is 1. The number of ether oxygens (including phenoxy) is 1. The fourth-order valence-electron chi connectivity index (χ4n) is 3.24. The molecule has 1 saturated heterocycles. The zero-order chi connectivity index (χ0) is 18.4. The lowest BCUT2D eigenvalue weighted by molar-refractivity contribution is -0.121. The molecule has 0 saturated carbocycles. The van der Waals surface area contributed by atoms with E-state index < -0.39 is 0 Å². The summed E-state index contributed by atoms with van der Waals surface area (Å²) < 4.78 is 11.3. The highest BCUT2D eigenvalue weighted by molar-refractivity contribution is 5.76. The van der Waals surface area contributed by atoms with Gasteiger partial charge in [0.25, 0.3) is 0 Å². The van der Waals surface area contributed by atoms with Gasteiger partial charge >= 0.3 is 0 Å². The van der Waals surface area contributed by atoms with E-state index in [-0.39, 0.29) is 11.9 Å². The molecule has 5 heteroatoms. The molecule has 1 aliphatic rings. The van der Waals surface area contributed by atoms with Crippen LogP contribution in [0.1, 0.15) is 35.1 Å². The highest BCUT2D eigenvalue weighted by atomic mass is 16.5. The fraction of sp³-hybridized carbons (Fsp3) is 0.476. The Morgan fingerprint density at radius 2 is 1.85 bits per heavy atom. The van der Waals surface area contributed by atoms with E-state index in [0.717, 1.165) is 44.2 Å². The van der Waals surface area contributed by atoms with E-state index in [0.29, 0.717) is 13.0 Å². The minimum atomic E-state index is 0.0518. The van der Waals surface area contributed by atoms with Gasteiger partial charge in [-0.15, -0.1) is 0 Å². The highest BCUT2D eigenvalue weighted by Crippen LogP contribution is 2.23. The zero-order valence-electron chi connectivity index (χ0n) is 15.7. The molecule has 26 heavy (non-hydrogen) atoms. The Labute approximate surface area is 155 Å². The number of amides is 1. The molecule has 0 radical (unpaired) electrons. The van der Waals surface area contributed by atoms with E-state index in [1.54, 1.807) is 0 Å². The molecular formula is C21H28N2O3. The molecule has 5 nitrogen and oxygen atoms in total. The predicted octanol–water partition coefficient (Wildman–Crippen LogP) is 3.02. The molecular weight excluding hydrogens is 328 g/mol. The second kappa shape index (κ2) is 9.01. The minimum Gasteiger partial charge on any atom is -0.465 e. The summed E-state index contributed by atoms with van der Waals surface area (Å²) in [5, 5.41) is 3.09. The molecule has 1 aliphatic heterocycles. The highest BCUT2D eigenvalue weighted by Gasteiger charge is 2.25. The van der Waals surface area contributed by atoms with Gasteiger partial charge in [-0.25, -0.2) is 0 Å². The Kier molecular flexibility index (Phi) is 6.47. The van der Waals surface area contributed by atoms with Crippen LogP contribution >= 0.6 is 0 Å². The molecule has 1 amide bonds. The maximum absolute atomic E-state index is 12.3. The van der Waals surface area contributed by atoms with E-state index in [1.165, 1.54) is 11.1 Å². The van der Waals surface area contributed by atoms with Crippen molar-refractivity contribution < 1.29 is 13.9 Å². The summed E-state index contributed by atoms with van der Waals surface area (Å²) in [6.07, 6.45) is 1.25. The first-order valence-electron chi connectivity index (χ1n) is 9.32. The molecule has 0 aliphatic carbocycles. The lowest BCUT2D eigenvalue weighted by Crippen LogP contribution is -2.43. The summed E-state index contributed by atoms with van der Waals surface area (Å²) in [4.78, 5) is 14.6. The van der Waals surface area contributed by atoms with Gasteiger partial charge in [0.2, 0.25) is 5.91 Å². The largest absolute Gasteiger partial charge is 0.465 e. The fourth-order valence-corrected chi connectivity index (χ4v) is 3.24. The van der Waals surface area contributed by atoms with E-state index in [2.05, 4.69) is 41.4 Å². The third-order valence-corrected chi connectivity index (χ3v) is 4.83. The van der Waals surface area contributed by atoms with Crippen LogP contribution in [0.4, 0.5) is 0 Å². The number of hydrogen-bond donors (Lipinski definition) is 1. The molecule has 1 aromatic carbocycles. The second-order valence-corrected chi connectivity index (χ2v) is 6.90. The summed E-state index contributed by atoms with van der Waals surface area (Å²) in [7, 11) is 0. The van der Waals surface area contributed by atoms with E-state index in [1.807, 2.05) is 19.1 Å². The Morgan fingerprint density at radius 3 is 2.50 bits per heavy atom. The lowest BCUT2D eigenvalue weighted by Gasteiger charge is -2.33. The van der Waals surface area contributed by atoms with Crippen molar-refractivity contribution in [2.45, 2.75) is 32.7 Å². The van der Waals surface area contributed by atoms with Gasteiger partial charge in [-0.1, -0.05) is 29.8 Å². The van der Waals surface area contributed by atoms with Crippen molar-refractivity contribution >= 4 is 5.91 Å². The van der Waals surface area contributed by atoms with Gasteiger partial charge in [0.1, 0.15) is 11.5 Å². The van der Waals surface area contributed by atoms with E-state index in [9.17, 15) is 4.79 Å². The summed E-state index contributed by atoms with van der Waals surface area (Å²) in [6, 6.07) is 12.4. The number of carbonyl (C=O) groups excluding carboxylic acids is 1. The number of rotatable bonds is 7. The molecule has 1 unspecified atom stereocenters. The average molecular weight is 356 g/mol. The lowest BCUT2D eigenvalue weighted by atomic mass is 10.1. The Bertz CT molecular complexity index is 702. The molecule has 140 valence electrons. The topological polar surface area (TPSA) is 54.7 Å². The predicted molar refractivity (Wildman–Crippen MR) is 101 cm³/mol. The van der Waals surface area contributed by atoms with Crippen LogP contribution in [-0.2, 0) is 16.0 Å². The van der Waals surface area contributed by atoms with Gasteiger partial charge in [0.15, 0.2) is 0 Å². The van der Waals surface area contributed by atoms with Crippen molar-refractivity contribution in [3.8, 4) is 0 Å². The maximum atomic E-state index is 12.3. The van der Waals surface area contributed by atoms with Crippen LogP contribution < -0.4 is 5.32 Å². The molecule has 1 atom stereocenters. The van der Waals surface area contributed by atoms with Crippen LogP contribution in [0.2, 0.25) is 0 Å². The van der Waals surface area contributed by atoms with Crippen molar-refractivity contribution in [2.24, 2.45) is 0 Å². The second-order valence-electron chi connectivity index (χ2n) is 6.90. The van der Waals surface area contributed by atoms with E-state index in [4.69, 9.17) is 9.15 Å². The summed E-state index contributed by atoms with van der Waals surface area (Å²) in [5.74, 6) is 1.87. The van der Waals surface area contributed by atoms with Crippen LogP contribution in [0.25, 0.3) is 0 Å². The third kappa shape index (κ3) is 5.19. The monoisotopic (exact) mass is 356 g/mol. The van der Waals surface area contributed by atoms with Crippen molar-refractivity contribution in [1.29, 1.82) is 0 Å². The zero-order valence-corrected chi connectivity index (χ0v) is 15.7. The standard InChI is InChI=1S/C21H28N2O3/c1-16-3-6-18(7-4-16)8-10-21(24)22-15-19(20-9-5-17(2)26-20)23-11-13-25-14-12-23/h3-7,9,19H,8,10-15H2,1-2H3,(H,22,24). The van der Waals surface area contributed by atoms with Gasteiger partial charge in [-0.2, -0.15) is 0 Å². The number of morpholine rings is 1. The SMILES string of the molecule is Cc1ccc(CCC(=O)NCC(c2ccc(C)o2)N2CCOCC2)cc1. The molecule has 1 N–H and O–H groups in total. The molecule has 2 aromatic rings. The number of carbonyl (C=O) groups is 1. The van der Waals surface area contributed by atoms with Crippen LogP contribution in [0.3, 0.4) is 0 Å². The molecule has 2 heterocycles. The Hall–Kier alpha value is -2.11. The van der Waals surface area contributed by atoms with Crippen molar-refractivity contribution in [3.63, 3.8) is 0 Å². The molecule has 0 bridgehead atoms. The number of benzene rings is 1. The van der Waals surface area contributed by atoms with Crippen molar-refractivity contribution in [1.82, 2.24) is 10.2 Å². The smallest absolute Gasteiger partial charge is 0.220 e. The van der Waals surface area contributed by atoms with Crippen molar-refractivity contribution in [2.75, 3.05) is 32.8 Å². The third-order valence-electron chi connectivity index (χ3n) is 4.83. The molecule has 3 rings (SSSR count). The van der Waals surface area contributed by atoms with Gasteiger partial charge in [-0.3, -0.25) is 9.69 Å². The normalized spacial score (nSPS) is 16.4. The number of nitrogens with one attached hydrogen (secondary N) is 1. The quantitative estimate of drug-likeness (QED) is 0.829. The average Bonchev–Trinajstić information content (AvgIpc) is 3.08. The van der Waals surface area contributed by atoms with Crippen LogP contribution in [0, 0.1) is 13.8 Å². The summed E-state index contributed by atoms with van der Waals surface area (Å²) in [5.41, 5.74) is 2.43. The number of hydrogen-bond acceptors (Lipinski definition) is 4. The molecule has 1 aromatic heterocycles. The van der Waals surface area contributed by atoms with Crippen LogP contribution in [0.15, 0.2) is 40.8 Å². The summed E-state index contributed by atoms with van der Waals surface area (Å²) in [6.45, 7) is 7.71. The Morgan fingerprint density at radius 1 is 1.12 bits per heavy atom. The van der Waals surface area contributed by atoms with E-state index >= 15 is 0 Å². The summed E-state index contributed by atoms with van der Waals surface area (Å²) >= 11 is 0. The first-order chi connectivity index (χ1) is 12.6. The van der Waals surface area contributed by atoms with Crippen molar-refractivity contribution in [3.05, 3.63) is 59.0 Å². The first kappa shape index (κ1) is 18.7. The van der Waals surface area contributed by atoms with Gasteiger partial charge in [0, 0.05) is 26.1 Å². The molecule has 1 fully saturated rings. The van der Waals surface area contributed by atoms with Crippen LogP contribution in [0.5, 0.6) is 0 Å². The minimum absolute atomic E-state index is 0.0518. The maximum Gasteiger partial charge on any atom is 0.220 e. The first-order valence-corrected chi connectivity index (χ1v) is 9.32. The molecule has 0 spiro atoms.